The van der Waals surface area contributed by atoms with Crippen LogP contribution >= 0.6 is 15.9 Å². The van der Waals surface area contributed by atoms with Crippen LogP contribution in [0.25, 0.3) is 0 Å². The van der Waals surface area contributed by atoms with E-state index < -0.39 is 18.8 Å². The van der Waals surface area contributed by atoms with Crippen LogP contribution in [0, 0.1) is 5.82 Å². The van der Waals surface area contributed by atoms with Gasteiger partial charge >= 0.3 is 0 Å². The molecule has 0 saturated carbocycles. The van der Waals surface area contributed by atoms with Crippen molar-refractivity contribution in [2.75, 3.05) is 24.2 Å². The van der Waals surface area contributed by atoms with E-state index in [1.807, 2.05) is 0 Å². The lowest BCUT2D eigenvalue weighted by molar-refractivity contribution is 0.156. The molecule has 0 aliphatic rings. The molecule has 1 aromatic rings. The highest BCUT2D eigenvalue weighted by Gasteiger charge is 2.13. The standard InChI is InChI=1S/C9H10BrF3N2/c1-15(4-9(12)13)8-2-5(10)6(11)3-7(8)14/h2-3,9H,4,14H2,1H3. The maximum atomic E-state index is 13.0. The third-order valence-electron chi connectivity index (χ3n) is 1.89. The Balaban J connectivity index is 2.98. The maximum Gasteiger partial charge on any atom is 0.255 e. The quantitative estimate of drug-likeness (QED) is 0.864. The van der Waals surface area contributed by atoms with Gasteiger partial charge in [0.2, 0.25) is 0 Å². The van der Waals surface area contributed by atoms with E-state index in [9.17, 15) is 13.2 Å². The molecule has 84 valence electrons. The van der Waals surface area contributed by atoms with E-state index in [1.54, 1.807) is 0 Å². The number of alkyl halides is 2. The first-order valence-corrected chi connectivity index (χ1v) is 4.95. The second-order valence-electron chi connectivity index (χ2n) is 3.10. The van der Waals surface area contributed by atoms with Gasteiger partial charge in [0.25, 0.3) is 6.43 Å². The average molecular weight is 283 g/mol. The van der Waals surface area contributed by atoms with Crippen LogP contribution in [-0.4, -0.2) is 20.0 Å². The van der Waals surface area contributed by atoms with Gasteiger partial charge in [0, 0.05) is 13.1 Å². The lowest BCUT2D eigenvalue weighted by Gasteiger charge is -2.20. The Labute approximate surface area is 94.0 Å². The molecule has 0 amide bonds. The predicted molar refractivity (Wildman–Crippen MR) is 57.8 cm³/mol. The van der Waals surface area contributed by atoms with E-state index >= 15 is 0 Å². The van der Waals surface area contributed by atoms with Crippen LogP contribution in [0.2, 0.25) is 0 Å². The topological polar surface area (TPSA) is 29.3 Å². The lowest BCUT2D eigenvalue weighted by Crippen LogP contribution is -2.24. The van der Waals surface area contributed by atoms with Crippen molar-refractivity contribution in [2.24, 2.45) is 0 Å². The molecule has 0 radical (unpaired) electrons. The first-order valence-electron chi connectivity index (χ1n) is 4.15. The van der Waals surface area contributed by atoms with Crippen LogP contribution in [-0.2, 0) is 0 Å². The number of anilines is 2. The molecule has 0 atom stereocenters. The lowest BCUT2D eigenvalue weighted by atomic mass is 10.2. The van der Waals surface area contributed by atoms with Gasteiger partial charge < -0.3 is 10.6 Å². The minimum absolute atomic E-state index is 0.138. The molecule has 0 aliphatic carbocycles. The maximum absolute atomic E-state index is 13.0. The Morgan fingerprint density at radius 2 is 2.07 bits per heavy atom. The van der Waals surface area contributed by atoms with Crippen molar-refractivity contribution in [3.63, 3.8) is 0 Å². The molecule has 2 N–H and O–H groups in total. The third-order valence-corrected chi connectivity index (χ3v) is 2.50. The minimum Gasteiger partial charge on any atom is -0.397 e. The Hall–Kier alpha value is -0.910. The van der Waals surface area contributed by atoms with E-state index in [1.165, 1.54) is 18.0 Å². The highest BCUT2D eigenvalue weighted by atomic mass is 79.9. The van der Waals surface area contributed by atoms with Crippen molar-refractivity contribution >= 4 is 27.3 Å². The molecule has 15 heavy (non-hydrogen) atoms. The predicted octanol–water partition coefficient (Wildman–Crippen LogP) is 2.87. The Morgan fingerprint density at radius 3 is 2.60 bits per heavy atom. The fraction of sp³-hybridized carbons (Fsp3) is 0.333. The summed E-state index contributed by atoms with van der Waals surface area (Å²) in [5, 5.41) is 0. The number of hydrogen-bond donors (Lipinski definition) is 1. The highest BCUT2D eigenvalue weighted by molar-refractivity contribution is 9.10. The van der Waals surface area contributed by atoms with Crippen LogP contribution in [0.3, 0.4) is 0 Å². The van der Waals surface area contributed by atoms with Crippen LogP contribution < -0.4 is 10.6 Å². The minimum atomic E-state index is -2.46. The van der Waals surface area contributed by atoms with E-state index in [4.69, 9.17) is 5.73 Å². The van der Waals surface area contributed by atoms with Crippen LogP contribution in [0.4, 0.5) is 24.5 Å². The number of halogens is 4. The fourth-order valence-corrected chi connectivity index (χ4v) is 1.52. The Kier molecular flexibility index (Phi) is 3.84. The number of hydrogen-bond acceptors (Lipinski definition) is 2. The van der Waals surface area contributed by atoms with Gasteiger partial charge in [-0.3, -0.25) is 0 Å². The SMILES string of the molecule is CN(CC(F)F)c1cc(Br)c(F)cc1N. The molecular formula is C9H10BrF3N2. The summed E-state index contributed by atoms with van der Waals surface area (Å²) in [4.78, 5) is 1.28. The summed E-state index contributed by atoms with van der Waals surface area (Å²) >= 11 is 2.97. The van der Waals surface area contributed by atoms with Crippen LogP contribution in [0.5, 0.6) is 0 Å². The zero-order valence-corrected chi connectivity index (χ0v) is 9.56. The molecule has 0 aliphatic heterocycles. The third kappa shape index (κ3) is 3.02. The normalized spacial score (nSPS) is 10.8. The van der Waals surface area contributed by atoms with Gasteiger partial charge in [-0.2, -0.15) is 0 Å². The summed E-state index contributed by atoms with van der Waals surface area (Å²) in [6.45, 7) is -0.442. The van der Waals surface area contributed by atoms with Crippen molar-refractivity contribution in [3.8, 4) is 0 Å². The molecule has 0 bridgehead atoms. The summed E-state index contributed by atoms with van der Waals surface area (Å²) in [5.74, 6) is -0.512. The summed E-state index contributed by atoms with van der Waals surface area (Å²) < 4.78 is 37.4. The van der Waals surface area contributed by atoms with Gasteiger partial charge in [0.15, 0.2) is 0 Å². The average Bonchev–Trinajstić information content (AvgIpc) is 2.09. The largest absolute Gasteiger partial charge is 0.397 e. The van der Waals surface area contributed by atoms with Crippen LogP contribution in [0.1, 0.15) is 0 Å². The van der Waals surface area contributed by atoms with Gasteiger partial charge in [-0.25, -0.2) is 13.2 Å². The summed E-state index contributed by atoms with van der Waals surface area (Å²) in [6.07, 6.45) is -2.46. The van der Waals surface area contributed by atoms with Crippen molar-refractivity contribution in [3.05, 3.63) is 22.4 Å². The van der Waals surface area contributed by atoms with Crippen LogP contribution in [0.15, 0.2) is 16.6 Å². The molecule has 6 heteroatoms. The number of nitrogen functional groups attached to an aromatic ring is 1. The molecular weight excluding hydrogens is 273 g/mol. The smallest absolute Gasteiger partial charge is 0.255 e. The van der Waals surface area contributed by atoms with Gasteiger partial charge in [0.1, 0.15) is 5.82 Å². The Morgan fingerprint density at radius 1 is 1.47 bits per heavy atom. The zero-order chi connectivity index (χ0) is 11.6. The first kappa shape index (κ1) is 12.2. The number of nitrogens with zero attached hydrogens (tertiary/aromatic N) is 1. The van der Waals surface area contributed by atoms with Crippen molar-refractivity contribution < 1.29 is 13.2 Å². The second kappa shape index (κ2) is 4.74. The molecule has 0 heterocycles. The number of benzene rings is 1. The highest BCUT2D eigenvalue weighted by Crippen LogP contribution is 2.29. The van der Waals surface area contributed by atoms with Gasteiger partial charge in [-0.15, -0.1) is 0 Å². The molecule has 0 fully saturated rings. The van der Waals surface area contributed by atoms with E-state index in [2.05, 4.69) is 15.9 Å². The molecule has 0 saturated heterocycles. The molecule has 0 unspecified atom stereocenters. The summed E-state index contributed by atoms with van der Waals surface area (Å²) in [6, 6.07) is 2.48. The molecule has 1 rings (SSSR count). The fourth-order valence-electron chi connectivity index (χ4n) is 1.19. The van der Waals surface area contributed by atoms with Crippen molar-refractivity contribution in [1.82, 2.24) is 0 Å². The second-order valence-corrected chi connectivity index (χ2v) is 3.95. The van der Waals surface area contributed by atoms with E-state index in [-0.39, 0.29) is 10.2 Å². The molecule has 0 spiro atoms. The van der Waals surface area contributed by atoms with E-state index in [0.29, 0.717) is 5.69 Å². The molecule has 2 nitrogen and oxygen atoms in total. The molecule has 1 aromatic carbocycles. The number of nitrogens with two attached hydrogens (primary N) is 1. The van der Waals surface area contributed by atoms with Gasteiger partial charge in [-0.05, 0) is 22.0 Å². The Bertz CT molecular complexity index is 357. The monoisotopic (exact) mass is 282 g/mol. The van der Waals surface area contributed by atoms with Crippen molar-refractivity contribution in [2.45, 2.75) is 6.43 Å². The zero-order valence-electron chi connectivity index (χ0n) is 7.98. The summed E-state index contributed by atoms with van der Waals surface area (Å²) in [5.41, 5.74) is 6.04. The first-order chi connectivity index (χ1) is 6.91. The van der Waals surface area contributed by atoms with E-state index in [0.717, 1.165) is 6.07 Å². The van der Waals surface area contributed by atoms with Gasteiger partial charge in [0.05, 0.1) is 22.4 Å². The summed E-state index contributed by atoms with van der Waals surface area (Å²) in [7, 11) is 1.47. The number of rotatable bonds is 3. The van der Waals surface area contributed by atoms with Gasteiger partial charge in [-0.1, -0.05) is 0 Å². The van der Waals surface area contributed by atoms with Crippen molar-refractivity contribution in [1.29, 1.82) is 0 Å². The molecule has 0 aromatic heterocycles.